The van der Waals surface area contributed by atoms with Crippen molar-refractivity contribution in [1.82, 2.24) is 15.1 Å². The Morgan fingerprint density at radius 2 is 1.71 bits per heavy atom. The number of carboxylic acid groups (broad SMARTS) is 1. The Labute approximate surface area is 205 Å². The van der Waals surface area contributed by atoms with Gasteiger partial charge in [-0.2, -0.15) is 0 Å². The number of carbonyl (C=O) groups is 3. The highest BCUT2D eigenvalue weighted by atomic mass is 16.5. The topological polar surface area (TPSA) is 99.2 Å². The summed E-state index contributed by atoms with van der Waals surface area (Å²) in [5, 5.41) is 12.4. The van der Waals surface area contributed by atoms with Gasteiger partial charge in [0.2, 0.25) is 5.91 Å². The lowest BCUT2D eigenvalue weighted by atomic mass is 9.84. The zero-order valence-electron chi connectivity index (χ0n) is 20.5. The number of alkyl carbamates (subject to hydrolysis) is 1. The number of nitrogens with one attached hydrogen (secondary N) is 1. The molecular weight excluding hydrogens is 446 g/mol. The van der Waals surface area contributed by atoms with Gasteiger partial charge in [0.05, 0.1) is 5.41 Å². The number of amides is 2. The molecule has 1 fully saturated rings. The van der Waals surface area contributed by atoms with Crippen molar-refractivity contribution in [2.75, 3.05) is 40.3 Å². The standard InChI is InChI=1S/C27H33N3O5/c1-4-27(25(32)33)13-14-30(17-27)24(31)23(15-29(2)3)28-26(34)35-16-22-20-11-7-5-9-18(20)19-10-6-8-12-21(19)22/h5-12,22-23H,4,13-17H2,1-3H3,(H,28,34)(H,32,33)/t23-,27?/m0/s1. The van der Waals surface area contributed by atoms with Gasteiger partial charge in [-0.05, 0) is 49.2 Å². The molecule has 0 aromatic heterocycles. The molecule has 1 aliphatic heterocycles. The van der Waals surface area contributed by atoms with E-state index in [0.29, 0.717) is 19.4 Å². The monoisotopic (exact) mass is 479 g/mol. The van der Waals surface area contributed by atoms with Crippen molar-refractivity contribution in [2.24, 2.45) is 5.41 Å². The highest BCUT2D eigenvalue weighted by Crippen LogP contribution is 2.44. The Kier molecular flexibility index (Phi) is 7.12. The fraction of sp³-hybridized carbons (Fsp3) is 0.444. The maximum Gasteiger partial charge on any atom is 0.407 e. The second-order valence-corrected chi connectivity index (χ2v) is 9.73. The third-order valence-corrected chi connectivity index (χ3v) is 7.28. The number of fused-ring (bicyclic) bond motifs is 3. The van der Waals surface area contributed by atoms with Gasteiger partial charge >= 0.3 is 12.1 Å². The summed E-state index contributed by atoms with van der Waals surface area (Å²) in [5.41, 5.74) is 3.59. The second kappa shape index (κ2) is 10.1. The molecule has 0 radical (unpaired) electrons. The predicted octanol–water partition coefficient (Wildman–Crippen LogP) is 3.17. The van der Waals surface area contributed by atoms with Crippen molar-refractivity contribution >= 4 is 18.0 Å². The van der Waals surface area contributed by atoms with Crippen LogP contribution in [0.1, 0.15) is 36.8 Å². The molecule has 35 heavy (non-hydrogen) atoms. The number of likely N-dealkylation sites (tertiary alicyclic amines) is 1. The number of hydrogen-bond acceptors (Lipinski definition) is 5. The van der Waals surface area contributed by atoms with Gasteiger partial charge in [0.1, 0.15) is 12.6 Å². The third-order valence-electron chi connectivity index (χ3n) is 7.28. The first-order valence-electron chi connectivity index (χ1n) is 12.0. The van der Waals surface area contributed by atoms with E-state index in [2.05, 4.69) is 29.6 Å². The molecule has 1 aliphatic carbocycles. The van der Waals surface area contributed by atoms with Crippen LogP contribution in [0, 0.1) is 5.41 Å². The fourth-order valence-electron chi connectivity index (χ4n) is 5.23. The van der Waals surface area contributed by atoms with E-state index in [1.165, 1.54) is 0 Å². The number of benzene rings is 2. The van der Waals surface area contributed by atoms with E-state index in [1.807, 2.05) is 50.2 Å². The molecule has 186 valence electrons. The minimum absolute atomic E-state index is 0.0736. The Hall–Kier alpha value is -3.39. The lowest BCUT2D eigenvalue weighted by Crippen LogP contribution is -2.53. The van der Waals surface area contributed by atoms with Crippen LogP contribution in [0.15, 0.2) is 48.5 Å². The summed E-state index contributed by atoms with van der Waals surface area (Å²) in [6, 6.07) is 15.4. The van der Waals surface area contributed by atoms with Crippen LogP contribution < -0.4 is 5.32 Å². The van der Waals surface area contributed by atoms with Gasteiger partial charge in [0.25, 0.3) is 0 Å². The van der Waals surface area contributed by atoms with Gasteiger partial charge in [-0.3, -0.25) is 9.59 Å². The normalized spacial score (nSPS) is 19.8. The number of hydrogen-bond donors (Lipinski definition) is 2. The maximum atomic E-state index is 13.3. The molecule has 0 spiro atoms. The van der Waals surface area contributed by atoms with E-state index < -0.39 is 23.5 Å². The number of rotatable bonds is 8. The average molecular weight is 480 g/mol. The van der Waals surface area contributed by atoms with E-state index in [9.17, 15) is 19.5 Å². The number of carboxylic acids is 1. The van der Waals surface area contributed by atoms with E-state index in [0.717, 1.165) is 22.3 Å². The minimum Gasteiger partial charge on any atom is -0.481 e. The van der Waals surface area contributed by atoms with Crippen molar-refractivity contribution in [3.63, 3.8) is 0 Å². The van der Waals surface area contributed by atoms with Crippen LogP contribution in [0.4, 0.5) is 4.79 Å². The van der Waals surface area contributed by atoms with Gasteiger partial charge in [0, 0.05) is 25.6 Å². The SMILES string of the molecule is CCC1(C(=O)O)CCN(C(=O)[C@H](CN(C)C)NC(=O)OCC2c3ccccc3-c3ccccc32)C1. The number of aliphatic carboxylic acids is 1. The van der Waals surface area contributed by atoms with Gasteiger partial charge in [-0.15, -0.1) is 0 Å². The molecular formula is C27H33N3O5. The van der Waals surface area contributed by atoms with Crippen LogP contribution in [-0.4, -0.2) is 79.3 Å². The van der Waals surface area contributed by atoms with Gasteiger partial charge in [-0.1, -0.05) is 55.5 Å². The Morgan fingerprint density at radius 3 is 2.23 bits per heavy atom. The lowest BCUT2D eigenvalue weighted by molar-refractivity contribution is -0.148. The van der Waals surface area contributed by atoms with Crippen molar-refractivity contribution in [1.29, 1.82) is 0 Å². The zero-order valence-corrected chi connectivity index (χ0v) is 20.5. The first-order chi connectivity index (χ1) is 16.8. The number of carbonyl (C=O) groups excluding carboxylic acids is 2. The van der Waals surface area contributed by atoms with Crippen LogP contribution in [0.25, 0.3) is 11.1 Å². The molecule has 1 saturated heterocycles. The third kappa shape index (κ3) is 4.89. The second-order valence-electron chi connectivity index (χ2n) is 9.73. The first kappa shape index (κ1) is 24.7. The first-order valence-corrected chi connectivity index (χ1v) is 12.0. The smallest absolute Gasteiger partial charge is 0.407 e. The summed E-state index contributed by atoms with van der Waals surface area (Å²) >= 11 is 0. The molecule has 0 saturated carbocycles. The Morgan fingerprint density at radius 1 is 1.11 bits per heavy atom. The summed E-state index contributed by atoms with van der Waals surface area (Å²) in [6.45, 7) is 2.77. The minimum atomic E-state index is -0.928. The maximum absolute atomic E-state index is 13.3. The molecule has 8 heteroatoms. The van der Waals surface area contributed by atoms with E-state index in [-0.39, 0.29) is 31.5 Å². The van der Waals surface area contributed by atoms with E-state index in [4.69, 9.17) is 4.74 Å². The summed E-state index contributed by atoms with van der Waals surface area (Å²) in [5.74, 6) is -1.25. The molecule has 1 unspecified atom stereocenters. The zero-order chi connectivity index (χ0) is 25.2. The molecule has 4 rings (SSSR count). The molecule has 0 bridgehead atoms. The van der Waals surface area contributed by atoms with E-state index in [1.54, 1.807) is 4.90 Å². The number of nitrogens with zero attached hydrogens (tertiary/aromatic N) is 2. The average Bonchev–Trinajstić information content (AvgIpc) is 3.42. The quantitative estimate of drug-likeness (QED) is 0.604. The summed E-state index contributed by atoms with van der Waals surface area (Å²) in [6.07, 6.45) is 0.195. The molecule has 1 heterocycles. The van der Waals surface area contributed by atoms with Gasteiger partial charge < -0.3 is 25.0 Å². The number of likely N-dealkylation sites (N-methyl/N-ethyl adjacent to an activating group) is 1. The van der Waals surface area contributed by atoms with Crippen molar-refractivity contribution in [3.8, 4) is 11.1 Å². The van der Waals surface area contributed by atoms with Crippen LogP contribution in [0.2, 0.25) is 0 Å². The highest BCUT2D eigenvalue weighted by molar-refractivity contribution is 5.87. The van der Waals surface area contributed by atoms with Crippen LogP contribution >= 0.6 is 0 Å². The van der Waals surface area contributed by atoms with Crippen molar-refractivity contribution in [2.45, 2.75) is 31.7 Å². The summed E-state index contributed by atoms with van der Waals surface area (Å²) in [4.78, 5) is 41.2. The van der Waals surface area contributed by atoms with E-state index >= 15 is 0 Å². The number of ether oxygens (including phenoxy) is 1. The Bertz CT molecular complexity index is 1070. The van der Waals surface area contributed by atoms with Gasteiger partial charge in [-0.25, -0.2) is 4.79 Å². The largest absolute Gasteiger partial charge is 0.481 e. The van der Waals surface area contributed by atoms with Crippen molar-refractivity contribution in [3.05, 3.63) is 59.7 Å². The molecule has 8 nitrogen and oxygen atoms in total. The van der Waals surface area contributed by atoms with Crippen LogP contribution in [0.3, 0.4) is 0 Å². The molecule has 2 N–H and O–H groups in total. The highest BCUT2D eigenvalue weighted by Gasteiger charge is 2.46. The van der Waals surface area contributed by atoms with Gasteiger partial charge in [0.15, 0.2) is 0 Å². The summed E-state index contributed by atoms with van der Waals surface area (Å²) < 4.78 is 5.63. The Balaban J connectivity index is 1.43. The molecule has 2 aromatic rings. The van der Waals surface area contributed by atoms with Crippen molar-refractivity contribution < 1.29 is 24.2 Å². The molecule has 2 amide bonds. The lowest BCUT2D eigenvalue weighted by Gasteiger charge is -2.28. The van der Waals surface area contributed by atoms with Crippen LogP contribution in [-0.2, 0) is 14.3 Å². The van der Waals surface area contributed by atoms with Crippen LogP contribution in [0.5, 0.6) is 0 Å². The predicted molar refractivity (Wildman–Crippen MR) is 132 cm³/mol. The summed E-state index contributed by atoms with van der Waals surface area (Å²) in [7, 11) is 3.63. The molecule has 2 atom stereocenters. The molecule has 2 aromatic carbocycles. The fourth-order valence-corrected chi connectivity index (χ4v) is 5.23. The molecule has 2 aliphatic rings.